The number of methoxy groups -OCH3 is 1. The first-order valence-corrected chi connectivity index (χ1v) is 16.1. The highest BCUT2D eigenvalue weighted by Crippen LogP contribution is 2.47. The number of rotatable bonds is 2. The molecule has 9 heteroatoms. The quantitative estimate of drug-likeness (QED) is 0.445. The molecular formula is C35H43ClN2O6. The maximum absolute atomic E-state index is 13.3. The molecule has 2 aromatic rings. The monoisotopic (exact) mass is 622 g/mol. The number of anilines is 1. The van der Waals surface area contributed by atoms with Crippen molar-refractivity contribution in [1.82, 2.24) is 4.90 Å². The third-order valence-corrected chi connectivity index (χ3v) is 10.8. The summed E-state index contributed by atoms with van der Waals surface area (Å²) < 4.78 is 12.6. The number of aliphatic hydroxyl groups is 1. The van der Waals surface area contributed by atoms with Gasteiger partial charge in [0.1, 0.15) is 5.75 Å². The van der Waals surface area contributed by atoms with Crippen LogP contribution < -0.4 is 9.64 Å². The number of benzene rings is 2. The van der Waals surface area contributed by atoms with Crippen molar-refractivity contribution in [1.29, 1.82) is 0 Å². The second kappa shape index (κ2) is 12.0. The Balaban J connectivity index is 1.47. The van der Waals surface area contributed by atoms with E-state index in [2.05, 4.69) is 29.2 Å². The van der Waals surface area contributed by atoms with E-state index in [1.165, 1.54) is 16.0 Å². The molecule has 1 spiro atoms. The summed E-state index contributed by atoms with van der Waals surface area (Å²) in [6.07, 6.45) is 8.66. The number of halogens is 1. The molecule has 2 aliphatic carbocycles. The summed E-state index contributed by atoms with van der Waals surface area (Å²) in [5, 5.41) is 22.7. The molecule has 2 heterocycles. The van der Waals surface area contributed by atoms with Crippen molar-refractivity contribution in [2.75, 3.05) is 45.3 Å². The summed E-state index contributed by atoms with van der Waals surface area (Å²) >= 11 is 6.41. The van der Waals surface area contributed by atoms with Gasteiger partial charge in [0.05, 0.1) is 24.8 Å². The molecule has 0 aromatic heterocycles. The normalized spacial score (nSPS) is 33.0. The molecule has 2 N–H and O–H groups in total. The highest BCUT2D eigenvalue weighted by molar-refractivity contribution is 6.30. The highest BCUT2D eigenvalue weighted by Gasteiger charge is 2.46. The van der Waals surface area contributed by atoms with E-state index < -0.39 is 23.9 Å². The number of carboxylic acids is 1. The number of amides is 1. The molecule has 6 rings (SSSR count). The molecule has 1 saturated carbocycles. The number of hydrogen-bond donors (Lipinski definition) is 2. The van der Waals surface area contributed by atoms with Crippen LogP contribution in [0.2, 0.25) is 5.02 Å². The lowest BCUT2D eigenvalue weighted by Crippen LogP contribution is -2.49. The van der Waals surface area contributed by atoms with Gasteiger partial charge in [-0.2, -0.15) is 0 Å². The van der Waals surface area contributed by atoms with Gasteiger partial charge in [0.2, 0.25) is 5.91 Å². The van der Waals surface area contributed by atoms with Gasteiger partial charge in [-0.3, -0.25) is 4.79 Å². The molecule has 8 nitrogen and oxygen atoms in total. The van der Waals surface area contributed by atoms with E-state index in [0.29, 0.717) is 37.3 Å². The van der Waals surface area contributed by atoms with Crippen LogP contribution in [0.4, 0.5) is 5.69 Å². The second-order valence-electron chi connectivity index (χ2n) is 13.5. The van der Waals surface area contributed by atoms with E-state index in [4.69, 9.17) is 21.1 Å². The summed E-state index contributed by atoms with van der Waals surface area (Å²) in [4.78, 5) is 29.8. The fourth-order valence-corrected chi connectivity index (χ4v) is 8.05. The van der Waals surface area contributed by atoms with E-state index in [9.17, 15) is 19.8 Å². The lowest BCUT2D eigenvalue weighted by atomic mass is 9.68. The van der Waals surface area contributed by atoms with Crippen LogP contribution in [0.5, 0.6) is 5.75 Å². The molecule has 4 aliphatic rings. The molecule has 44 heavy (non-hydrogen) atoms. The fraction of sp³-hybridized carbons (Fsp3) is 0.543. The zero-order valence-electron chi connectivity index (χ0n) is 25.8. The van der Waals surface area contributed by atoms with E-state index in [-0.39, 0.29) is 23.0 Å². The van der Waals surface area contributed by atoms with Crippen molar-refractivity contribution in [2.24, 2.45) is 17.8 Å². The average Bonchev–Trinajstić information content (AvgIpc) is 3.13. The predicted molar refractivity (Wildman–Crippen MR) is 169 cm³/mol. The predicted octanol–water partition coefficient (Wildman–Crippen LogP) is 5.18. The van der Waals surface area contributed by atoms with Gasteiger partial charge in [-0.05, 0) is 90.8 Å². The molecular weight excluding hydrogens is 580 g/mol. The van der Waals surface area contributed by atoms with Crippen molar-refractivity contribution in [2.45, 2.75) is 62.6 Å². The maximum atomic E-state index is 13.3. The summed E-state index contributed by atoms with van der Waals surface area (Å²) in [6, 6.07) is 11.3. The van der Waals surface area contributed by atoms with Crippen LogP contribution in [-0.2, 0) is 31.8 Å². The van der Waals surface area contributed by atoms with Gasteiger partial charge in [0.25, 0.3) is 0 Å². The van der Waals surface area contributed by atoms with Crippen LogP contribution in [0, 0.1) is 17.8 Å². The molecule has 1 fully saturated rings. The van der Waals surface area contributed by atoms with E-state index >= 15 is 0 Å². The van der Waals surface area contributed by atoms with Gasteiger partial charge >= 0.3 is 5.97 Å². The number of nitrogens with zero attached hydrogens (tertiary/aromatic N) is 2. The van der Waals surface area contributed by atoms with Crippen LogP contribution in [0.25, 0.3) is 0 Å². The molecule has 236 valence electrons. The van der Waals surface area contributed by atoms with E-state index in [0.717, 1.165) is 49.4 Å². The van der Waals surface area contributed by atoms with Crippen LogP contribution >= 0.6 is 11.6 Å². The van der Waals surface area contributed by atoms with E-state index in [1.807, 2.05) is 13.0 Å². The molecule has 0 radical (unpaired) electrons. The first-order valence-electron chi connectivity index (χ1n) is 15.7. The molecule has 1 amide bonds. The second-order valence-corrected chi connectivity index (χ2v) is 13.9. The van der Waals surface area contributed by atoms with Gasteiger partial charge in [-0.15, -0.1) is 0 Å². The largest absolute Gasteiger partial charge is 0.490 e. The van der Waals surface area contributed by atoms with Crippen molar-refractivity contribution in [3.8, 4) is 5.75 Å². The van der Waals surface area contributed by atoms with Crippen LogP contribution in [0.1, 0.15) is 55.7 Å². The summed E-state index contributed by atoms with van der Waals surface area (Å²) in [5.74, 6) is -0.530. The van der Waals surface area contributed by atoms with Crippen LogP contribution in [-0.4, -0.2) is 73.5 Å². The lowest BCUT2D eigenvalue weighted by molar-refractivity contribution is -0.164. The van der Waals surface area contributed by atoms with Crippen molar-refractivity contribution < 1.29 is 29.3 Å². The zero-order valence-corrected chi connectivity index (χ0v) is 26.6. The number of carbonyl (C=O) groups is 2. The number of carbonyl (C=O) groups excluding carboxylic acids is 1. The van der Waals surface area contributed by atoms with Gasteiger partial charge in [-0.1, -0.05) is 42.8 Å². The smallest absolute Gasteiger partial charge is 0.340 e. The summed E-state index contributed by atoms with van der Waals surface area (Å²) in [5.41, 5.74) is 0.746. The molecule has 0 saturated heterocycles. The third-order valence-electron chi connectivity index (χ3n) is 10.5. The number of fused-ring (bicyclic) bond motifs is 4. The maximum Gasteiger partial charge on any atom is 0.340 e. The van der Waals surface area contributed by atoms with Gasteiger partial charge in [0, 0.05) is 44.2 Å². The third kappa shape index (κ3) is 5.61. The van der Waals surface area contributed by atoms with Gasteiger partial charge in [0.15, 0.2) is 5.60 Å². The first-order chi connectivity index (χ1) is 21.0. The molecule has 6 atom stereocenters. The Hall–Kier alpha value is -3.07. The Morgan fingerprint density at radius 3 is 2.68 bits per heavy atom. The standard InChI is InChI=1S/C35H43ClN2O6/c1-22-6-12-30(43-3)27-10-7-24(27)19-38-20-34(14-4-5-23-15-26(36)9-11-28(23)34)21-44-31-13-8-25(16-29(31)38)35(42,33(40)41)17-32(39)37(2)18-22/h6,8-9,11-13,15-16,22,24,27,30,42H,4-5,7,10,14,17-21H2,1-3H3,(H,40,41)/b12-6-/t22-,24+,27+,30-,34+,35-/m0/s1. The van der Waals surface area contributed by atoms with Crippen molar-refractivity contribution in [3.63, 3.8) is 0 Å². The SMILES string of the molecule is CO[C@H]1/C=C\[C@H](C)CN(C)C(=O)C[C@@](O)(C(=O)O)c2ccc3c(c2)N(C[C@H]2CC[C@H]21)C[C@]1(CCCc2cc(Cl)ccc21)CO3. The first kappa shape index (κ1) is 30.9. The number of aryl methyl sites for hydroxylation is 1. The zero-order chi connectivity index (χ0) is 31.2. The Morgan fingerprint density at radius 1 is 1.14 bits per heavy atom. The minimum absolute atomic E-state index is 0.0272. The molecule has 2 aromatic carbocycles. The molecule has 2 aliphatic heterocycles. The van der Waals surface area contributed by atoms with Gasteiger partial charge < -0.3 is 29.5 Å². The van der Waals surface area contributed by atoms with E-state index in [1.54, 1.807) is 32.4 Å². The minimum Gasteiger partial charge on any atom is -0.490 e. The Bertz CT molecular complexity index is 1460. The number of ether oxygens (including phenoxy) is 2. The Labute approximate surface area is 264 Å². The van der Waals surface area contributed by atoms with Crippen molar-refractivity contribution >= 4 is 29.2 Å². The number of hydrogen-bond acceptors (Lipinski definition) is 6. The van der Waals surface area contributed by atoms with Crippen LogP contribution in [0.15, 0.2) is 48.6 Å². The average molecular weight is 623 g/mol. The Kier molecular flexibility index (Phi) is 8.46. The molecule has 2 bridgehead atoms. The highest BCUT2D eigenvalue weighted by atomic mass is 35.5. The lowest BCUT2D eigenvalue weighted by Gasteiger charge is -2.46. The van der Waals surface area contributed by atoms with Crippen molar-refractivity contribution in [3.05, 3.63) is 70.3 Å². The Morgan fingerprint density at radius 2 is 1.95 bits per heavy atom. The minimum atomic E-state index is -2.39. The number of aliphatic carboxylic acids is 1. The summed E-state index contributed by atoms with van der Waals surface area (Å²) in [6.45, 7) is 4.32. The van der Waals surface area contributed by atoms with Crippen LogP contribution in [0.3, 0.4) is 0 Å². The summed E-state index contributed by atoms with van der Waals surface area (Å²) in [7, 11) is 3.41. The fourth-order valence-electron chi connectivity index (χ4n) is 7.85. The van der Waals surface area contributed by atoms with Gasteiger partial charge in [-0.25, -0.2) is 4.79 Å². The number of carboxylic acid groups (broad SMARTS) is 1. The topological polar surface area (TPSA) is 99.5 Å². The molecule has 0 unspecified atom stereocenters.